The van der Waals surface area contributed by atoms with Crippen molar-refractivity contribution in [2.45, 2.75) is 0 Å². The summed E-state index contributed by atoms with van der Waals surface area (Å²) in [6.07, 6.45) is 1.52. The predicted octanol–water partition coefficient (Wildman–Crippen LogP) is 3.18. The van der Waals surface area contributed by atoms with Crippen LogP contribution in [0.4, 0.5) is 0 Å². The van der Waals surface area contributed by atoms with Crippen molar-refractivity contribution >= 4 is 11.4 Å². The number of hydrogen-bond acceptors (Lipinski definition) is 5. The second-order valence-electron chi connectivity index (χ2n) is 4.22. The van der Waals surface area contributed by atoms with E-state index in [2.05, 4.69) is 9.17 Å². The standard InChI is InChI=1S/C15H11NO4S/c17-21(18)20-13-8-4-7-12(9-13)14-10-19-15(16-14)11-5-2-1-3-6-11/h1-10H,(H,17,18)/p-1. The van der Waals surface area contributed by atoms with Crippen molar-refractivity contribution < 1.29 is 17.4 Å². The first-order valence-electron chi connectivity index (χ1n) is 6.11. The third-order valence-electron chi connectivity index (χ3n) is 2.82. The predicted molar refractivity (Wildman–Crippen MR) is 76.9 cm³/mol. The summed E-state index contributed by atoms with van der Waals surface area (Å²) in [5.41, 5.74) is 2.19. The first-order chi connectivity index (χ1) is 10.2. The highest BCUT2D eigenvalue weighted by atomic mass is 32.2. The Morgan fingerprint density at radius 1 is 1.05 bits per heavy atom. The van der Waals surface area contributed by atoms with E-state index in [9.17, 15) is 8.76 Å². The summed E-state index contributed by atoms with van der Waals surface area (Å²) in [5.74, 6) is 0.731. The Labute approximate surface area is 123 Å². The van der Waals surface area contributed by atoms with Gasteiger partial charge in [0.2, 0.25) is 5.89 Å². The van der Waals surface area contributed by atoms with E-state index in [1.165, 1.54) is 6.26 Å². The maximum absolute atomic E-state index is 10.5. The van der Waals surface area contributed by atoms with E-state index < -0.39 is 11.4 Å². The first kappa shape index (κ1) is 13.5. The molecular weight excluding hydrogens is 290 g/mol. The summed E-state index contributed by atoms with van der Waals surface area (Å²) >= 11 is -2.60. The van der Waals surface area contributed by atoms with Crippen LogP contribution in [0.5, 0.6) is 5.75 Å². The van der Waals surface area contributed by atoms with Gasteiger partial charge in [-0.25, -0.2) is 9.19 Å². The quantitative estimate of drug-likeness (QED) is 0.692. The summed E-state index contributed by atoms with van der Waals surface area (Å²) in [5, 5.41) is 0. The maximum atomic E-state index is 10.5. The molecule has 21 heavy (non-hydrogen) atoms. The molecule has 0 saturated heterocycles. The summed E-state index contributed by atoms with van der Waals surface area (Å²) in [6, 6.07) is 16.1. The third kappa shape index (κ3) is 3.18. The Hall–Kier alpha value is -2.44. The zero-order chi connectivity index (χ0) is 14.7. The second-order valence-corrected chi connectivity index (χ2v) is 4.79. The minimum atomic E-state index is -2.60. The van der Waals surface area contributed by atoms with Crippen LogP contribution < -0.4 is 4.18 Å². The molecule has 0 radical (unpaired) electrons. The van der Waals surface area contributed by atoms with E-state index in [0.29, 0.717) is 17.1 Å². The average Bonchev–Trinajstić information content (AvgIpc) is 2.98. The van der Waals surface area contributed by atoms with Crippen molar-refractivity contribution in [3.63, 3.8) is 0 Å². The van der Waals surface area contributed by atoms with E-state index in [1.54, 1.807) is 24.3 Å². The Bertz CT molecular complexity index is 770. The lowest BCUT2D eigenvalue weighted by atomic mass is 10.1. The lowest BCUT2D eigenvalue weighted by Gasteiger charge is -2.07. The van der Waals surface area contributed by atoms with Gasteiger partial charge in [-0.1, -0.05) is 30.3 Å². The van der Waals surface area contributed by atoms with Gasteiger partial charge in [-0.2, -0.15) is 0 Å². The molecule has 106 valence electrons. The topological polar surface area (TPSA) is 75.4 Å². The normalized spacial score (nSPS) is 12.0. The van der Waals surface area contributed by atoms with E-state index in [0.717, 1.165) is 5.56 Å². The van der Waals surface area contributed by atoms with Gasteiger partial charge in [-0.05, 0) is 24.3 Å². The largest absolute Gasteiger partial charge is 0.740 e. The molecule has 6 heteroatoms. The van der Waals surface area contributed by atoms with E-state index in [1.807, 2.05) is 30.3 Å². The van der Waals surface area contributed by atoms with Crippen LogP contribution in [0.2, 0.25) is 0 Å². The highest BCUT2D eigenvalue weighted by Crippen LogP contribution is 2.27. The molecule has 5 nitrogen and oxygen atoms in total. The molecule has 0 N–H and O–H groups in total. The highest BCUT2D eigenvalue weighted by Gasteiger charge is 2.09. The van der Waals surface area contributed by atoms with Crippen LogP contribution in [0.15, 0.2) is 65.3 Å². The monoisotopic (exact) mass is 300 g/mol. The summed E-state index contributed by atoms with van der Waals surface area (Å²) in [6.45, 7) is 0. The zero-order valence-corrected chi connectivity index (χ0v) is 11.6. The molecule has 0 saturated carbocycles. The van der Waals surface area contributed by atoms with Gasteiger partial charge in [0, 0.05) is 11.1 Å². The molecule has 1 heterocycles. The van der Waals surface area contributed by atoms with Gasteiger partial charge < -0.3 is 13.2 Å². The lowest BCUT2D eigenvalue weighted by Crippen LogP contribution is -1.97. The fourth-order valence-electron chi connectivity index (χ4n) is 1.91. The number of hydrogen-bond donors (Lipinski definition) is 0. The molecule has 0 bridgehead atoms. The van der Waals surface area contributed by atoms with Crippen LogP contribution in [0.1, 0.15) is 0 Å². The number of aromatic nitrogens is 1. The Kier molecular flexibility index (Phi) is 3.81. The molecule has 3 rings (SSSR count). The molecule has 0 spiro atoms. The number of benzene rings is 2. The maximum Gasteiger partial charge on any atom is 0.226 e. The number of nitrogens with zero attached hydrogens (tertiary/aromatic N) is 1. The molecule has 0 aliphatic heterocycles. The van der Waals surface area contributed by atoms with Gasteiger partial charge in [0.1, 0.15) is 29.1 Å². The Balaban J connectivity index is 1.91. The van der Waals surface area contributed by atoms with E-state index in [4.69, 9.17) is 4.42 Å². The molecule has 0 fully saturated rings. The van der Waals surface area contributed by atoms with E-state index >= 15 is 0 Å². The van der Waals surface area contributed by atoms with Crippen LogP contribution in [0.3, 0.4) is 0 Å². The minimum Gasteiger partial charge on any atom is -0.740 e. The summed E-state index contributed by atoms with van der Waals surface area (Å²) in [7, 11) is 0. The molecule has 3 aromatic rings. The lowest BCUT2D eigenvalue weighted by molar-refractivity contribution is 0.440. The van der Waals surface area contributed by atoms with Crippen molar-refractivity contribution in [1.82, 2.24) is 4.98 Å². The fourth-order valence-corrected chi connectivity index (χ4v) is 2.17. The minimum absolute atomic E-state index is 0.227. The van der Waals surface area contributed by atoms with Crippen LogP contribution in [0.25, 0.3) is 22.7 Å². The average molecular weight is 300 g/mol. The highest BCUT2D eigenvalue weighted by molar-refractivity contribution is 7.74. The summed E-state index contributed by atoms with van der Waals surface area (Å²) in [4.78, 5) is 4.39. The van der Waals surface area contributed by atoms with Crippen LogP contribution in [0, 0.1) is 0 Å². The smallest absolute Gasteiger partial charge is 0.226 e. The zero-order valence-electron chi connectivity index (χ0n) is 10.8. The molecule has 1 unspecified atom stereocenters. The van der Waals surface area contributed by atoms with Crippen LogP contribution in [-0.4, -0.2) is 13.7 Å². The van der Waals surface area contributed by atoms with Crippen molar-refractivity contribution in [2.75, 3.05) is 0 Å². The van der Waals surface area contributed by atoms with Gasteiger partial charge in [-0.3, -0.25) is 0 Å². The Morgan fingerprint density at radius 3 is 2.57 bits per heavy atom. The van der Waals surface area contributed by atoms with E-state index in [-0.39, 0.29) is 5.75 Å². The summed E-state index contributed by atoms with van der Waals surface area (Å²) < 4.78 is 31.2. The van der Waals surface area contributed by atoms with Gasteiger partial charge >= 0.3 is 0 Å². The van der Waals surface area contributed by atoms with Gasteiger partial charge in [0.25, 0.3) is 0 Å². The Morgan fingerprint density at radius 2 is 1.81 bits per heavy atom. The second kappa shape index (κ2) is 5.90. The van der Waals surface area contributed by atoms with Gasteiger partial charge in [0.05, 0.1) is 0 Å². The van der Waals surface area contributed by atoms with Crippen molar-refractivity contribution in [3.8, 4) is 28.5 Å². The molecule has 0 aliphatic rings. The molecule has 2 aromatic carbocycles. The first-order valence-corrected chi connectivity index (χ1v) is 7.11. The molecular formula is C15H10NO4S-. The fraction of sp³-hybridized carbons (Fsp3) is 0. The van der Waals surface area contributed by atoms with Crippen molar-refractivity contribution in [3.05, 3.63) is 60.9 Å². The van der Waals surface area contributed by atoms with Crippen molar-refractivity contribution in [2.24, 2.45) is 0 Å². The van der Waals surface area contributed by atoms with Gasteiger partial charge in [-0.15, -0.1) is 0 Å². The van der Waals surface area contributed by atoms with Gasteiger partial charge in [0.15, 0.2) is 0 Å². The molecule has 1 atom stereocenters. The molecule has 0 aliphatic carbocycles. The molecule has 1 aromatic heterocycles. The van der Waals surface area contributed by atoms with Crippen LogP contribution in [-0.2, 0) is 11.4 Å². The van der Waals surface area contributed by atoms with Crippen molar-refractivity contribution in [1.29, 1.82) is 0 Å². The molecule has 0 amide bonds. The van der Waals surface area contributed by atoms with Crippen LogP contribution >= 0.6 is 0 Å². The third-order valence-corrected chi connectivity index (χ3v) is 3.15. The SMILES string of the molecule is O=S([O-])Oc1cccc(-c2coc(-c3ccccc3)n2)c1. The number of oxazole rings is 1. The number of rotatable bonds is 4.